The molecule has 2 unspecified atom stereocenters. The van der Waals surface area contributed by atoms with Crippen LogP contribution in [0.1, 0.15) is 11.3 Å². The average molecular weight is 488 g/mol. The van der Waals surface area contributed by atoms with Crippen LogP contribution in [0.25, 0.3) is 0 Å². The van der Waals surface area contributed by atoms with Gasteiger partial charge in [-0.15, -0.1) is 0 Å². The molecule has 0 spiro atoms. The van der Waals surface area contributed by atoms with Gasteiger partial charge >= 0.3 is 0 Å². The molecule has 1 N–H and O–H groups in total. The van der Waals surface area contributed by atoms with Gasteiger partial charge in [-0.25, -0.2) is 0 Å². The lowest BCUT2D eigenvalue weighted by molar-refractivity contribution is -0.384. The van der Waals surface area contributed by atoms with E-state index >= 15 is 0 Å². The van der Waals surface area contributed by atoms with Crippen molar-refractivity contribution >= 4 is 17.3 Å². The minimum atomic E-state index is -0.382. The van der Waals surface area contributed by atoms with Crippen LogP contribution in [0.15, 0.2) is 72.9 Å². The number of non-ortho nitro benzene ring substituents is 1. The van der Waals surface area contributed by atoms with Gasteiger partial charge in [0.15, 0.2) is 0 Å². The van der Waals surface area contributed by atoms with Crippen molar-refractivity contribution in [1.82, 2.24) is 15.2 Å². The van der Waals surface area contributed by atoms with E-state index in [4.69, 9.17) is 4.74 Å². The number of para-hydroxylation sites is 1. The normalized spacial score (nSPS) is 19.2. The number of nitrogens with zero attached hydrogens (tertiary/aromatic N) is 4. The monoisotopic (exact) mass is 487 g/mol. The van der Waals surface area contributed by atoms with E-state index in [9.17, 15) is 14.9 Å². The second kappa shape index (κ2) is 10.7. The van der Waals surface area contributed by atoms with Gasteiger partial charge in [-0.1, -0.05) is 24.3 Å². The highest BCUT2D eigenvalue weighted by molar-refractivity contribution is 5.82. The van der Waals surface area contributed by atoms with E-state index in [0.717, 1.165) is 48.9 Å². The summed E-state index contributed by atoms with van der Waals surface area (Å²) in [4.78, 5) is 33.3. The Morgan fingerprint density at radius 3 is 2.72 bits per heavy atom. The number of carbonyl (C=O) groups is 1. The maximum atomic E-state index is 13.4. The maximum Gasteiger partial charge on any atom is 0.269 e. The molecule has 3 heterocycles. The SMILES string of the molecule is O=C(NCc1ccccn1)C1Cc2cc([N+](=O)[O-])ccc2N2CCN(CCOc3ccccc3)CC12. The zero-order valence-electron chi connectivity index (χ0n) is 20.0. The van der Waals surface area contributed by atoms with Crippen molar-refractivity contribution in [2.24, 2.45) is 5.92 Å². The van der Waals surface area contributed by atoms with Gasteiger partial charge in [-0.2, -0.15) is 0 Å². The highest BCUT2D eigenvalue weighted by atomic mass is 16.6. The second-order valence-electron chi connectivity index (χ2n) is 9.14. The molecule has 9 heteroatoms. The first-order chi connectivity index (χ1) is 17.6. The molecular formula is C27H29N5O4. The number of carbonyl (C=O) groups excluding carboxylic acids is 1. The minimum absolute atomic E-state index is 0.0341. The smallest absolute Gasteiger partial charge is 0.269 e. The van der Waals surface area contributed by atoms with Crippen LogP contribution < -0.4 is 15.0 Å². The lowest BCUT2D eigenvalue weighted by Gasteiger charge is -2.49. The van der Waals surface area contributed by atoms with Crippen LogP contribution in [0.3, 0.4) is 0 Å². The topological polar surface area (TPSA) is 101 Å². The van der Waals surface area contributed by atoms with Gasteiger partial charge in [0.1, 0.15) is 12.4 Å². The van der Waals surface area contributed by atoms with E-state index < -0.39 is 0 Å². The first-order valence-electron chi connectivity index (χ1n) is 12.2. The number of piperazine rings is 1. The van der Waals surface area contributed by atoms with Crippen molar-refractivity contribution in [3.8, 4) is 5.75 Å². The van der Waals surface area contributed by atoms with Gasteiger partial charge in [0.25, 0.3) is 5.69 Å². The molecule has 1 amide bonds. The Bertz CT molecular complexity index is 1210. The highest BCUT2D eigenvalue weighted by Crippen LogP contribution is 2.38. The fraction of sp³-hybridized carbons (Fsp3) is 0.333. The Hall–Kier alpha value is -3.98. The van der Waals surface area contributed by atoms with Crippen molar-refractivity contribution in [2.45, 2.75) is 19.0 Å². The molecule has 2 aliphatic heterocycles. The molecule has 0 saturated carbocycles. The number of nitro groups is 1. The van der Waals surface area contributed by atoms with Crippen molar-refractivity contribution in [3.05, 3.63) is 94.3 Å². The number of benzene rings is 2. The molecule has 2 aromatic carbocycles. The number of hydrogen-bond acceptors (Lipinski definition) is 7. The summed E-state index contributed by atoms with van der Waals surface area (Å²) in [6.45, 7) is 3.96. The molecule has 9 nitrogen and oxygen atoms in total. The number of nitro benzene ring substituents is 1. The molecule has 2 atom stereocenters. The third-order valence-corrected chi connectivity index (χ3v) is 6.92. The molecule has 5 rings (SSSR count). The van der Waals surface area contributed by atoms with Gasteiger partial charge in [0, 0.05) is 50.2 Å². The Balaban J connectivity index is 1.31. The average Bonchev–Trinajstić information content (AvgIpc) is 2.92. The van der Waals surface area contributed by atoms with Crippen LogP contribution in [0.4, 0.5) is 11.4 Å². The van der Waals surface area contributed by atoms with Gasteiger partial charge in [-0.05, 0) is 42.3 Å². The first-order valence-corrected chi connectivity index (χ1v) is 12.2. The lowest BCUT2D eigenvalue weighted by Crippen LogP contribution is -2.61. The number of nitrogens with one attached hydrogen (secondary N) is 1. The molecule has 0 bridgehead atoms. The zero-order chi connectivity index (χ0) is 24.9. The molecule has 3 aromatic rings. The maximum absolute atomic E-state index is 13.4. The van der Waals surface area contributed by atoms with E-state index in [0.29, 0.717) is 19.6 Å². The molecule has 0 radical (unpaired) electrons. The van der Waals surface area contributed by atoms with Crippen LogP contribution in [-0.4, -0.2) is 59.5 Å². The summed E-state index contributed by atoms with van der Waals surface area (Å²) in [7, 11) is 0. The van der Waals surface area contributed by atoms with E-state index in [-0.39, 0.29) is 28.5 Å². The van der Waals surface area contributed by atoms with Crippen molar-refractivity contribution < 1.29 is 14.5 Å². The fourth-order valence-corrected chi connectivity index (χ4v) is 5.11. The summed E-state index contributed by atoms with van der Waals surface area (Å²) in [5.74, 6) is 0.451. The van der Waals surface area contributed by atoms with Gasteiger partial charge in [0.2, 0.25) is 5.91 Å². The number of anilines is 1. The quantitative estimate of drug-likeness (QED) is 0.385. The number of fused-ring (bicyclic) bond motifs is 3. The third kappa shape index (κ3) is 5.31. The highest BCUT2D eigenvalue weighted by Gasteiger charge is 2.41. The van der Waals surface area contributed by atoms with E-state index in [1.54, 1.807) is 18.3 Å². The van der Waals surface area contributed by atoms with Gasteiger partial charge in [0.05, 0.1) is 29.1 Å². The molecular weight excluding hydrogens is 458 g/mol. The summed E-state index contributed by atoms with van der Waals surface area (Å²) in [5, 5.41) is 14.4. The predicted molar refractivity (Wildman–Crippen MR) is 136 cm³/mol. The Morgan fingerprint density at radius 1 is 1.11 bits per heavy atom. The largest absolute Gasteiger partial charge is 0.492 e. The molecule has 36 heavy (non-hydrogen) atoms. The molecule has 186 valence electrons. The number of aromatic nitrogens is 1. The first kappa shape index (κ1) is 23.7. The zero-order valence-corrected chi connectivity index (χ0v) is 20.0. The molecule has 1 aromatic heterocycles. The number of amides is 1. The summed E-state index contributed by atoms with van der Waals surface area (Å²) < 4.78 is 5.89. The van der Waals surface area contributed by atoms with Gasteiger partial charge in [-0.3, -0.25) is 24.8 Å². The number of ether oxygens (including phenoxy) is 1. The number of rotatable bonds is 8. The Morgan fingerprint density at radius 2 is 1.94 bits per heavy atom. The fourth-order valence-electron chi connectivity index (χ4n) is 5.11. The van der Waals surface area contributed by atoms with Crippen LogP contribution in [0, 0.1) is 16.0 Å². The van der Waals surface area contributed by atoms with E-state index in [1.165, 1.54) is 0 Å². The van der Waals surface area contributed by atoms with Crippen molar-refractivity contribution in [2.75, 3.05) is 37.7 Å². The van der Waals surface area contributed by atoms with Gasteiger partial charge < -0.3 is 15.0 Å². The third-order valence-electron chi connectivity index (χ3n) is 6.92. The van der Waals surface area contributed by atoms with E-state index in [1.807, 2.05) is 54.6 Å². The van der Waals surface area contributed by atoms with Crippen molar-refractivity contribution in [1.29, 1.82) is 0 Å². The van der Waals surface area contributed by atoms with E-state index in [2.05, 4.69) is 20.1 Å². The summed E-state index contributed by atoms with van der Waals surface area (Å²) in [5.41, 5.74) is 2.67. The van der Waals surface area contributed by atoms with Crippen LogP contribution >= 0.6 is 0 Å². The minimum Gasteiger partial charge on any atom is -0.492 e. The number of pyridine rings is 1. The predicted octanol–water partition coefficient (Wildman–Crippen LogP) is 3.05. The van der Waals surface area contributed by atoms with Crippen LogP contribution in [0.5, 0.6) is 5.75 Å². The van der Waals surface area contributed by atoms with Crippen LogP contribution in [-0.2, 0) is 17.8 Å². The molecule has 1 saturated heterocycles. The number of hydrogen-bond donors (Lipinski definition) is 1. The molecule has 1 fully saturated rings. The molecule has 0 aliphatic carbocycles. The van der Waals surface area contributed by atoms with Crippen molar-refractivity contribution in [3.63, 3.8) is 0 Å². The Labute approximate surface area is 209 Å². The van der Waals surface area contributed by atoms with Crippen LogP contribution in [0.2, 0.25) is 0 Å². The second-order valence-corrected chi connectivity index (χ2v) is 9.14. The summed E-state index contributed by atoms with van der Waals surface area (Å²) >= 11 is 0. The Kier molecular flexibility index (Phi) is 7.08. The summed E-state index contributed by atoms with van der Waals surface area (Å²) in [6.07, 6.45) is 2.16. The summed E-state index contributed by atoms with van der Waals surface area (Å²) in [6, 6.07) is 20.3. The lowest BCUT2D eigenvalue weighted by atomic mass is 9.83. The molecule has 2 aliphatic rings. The standard InChI is InChI=1S/C27H29N5O4/c33-27(29-18-21-6-4-5-11-28-21)24-17-20-16-22(32(34)35)9-10-25(20)31-13-12-30(19-26(24)31)14-15-36-23-7-2-1-3-8-23/h1-11,16,24,26H,12-15,17-19H2,(H,29,33).